The van der Waals surface area contributed by atoms with E-state index in [1.165, 1.54) is 6.07 Å². The number of fused-ring (bicyclic) bond motifs is 1. The highest BCUT2D eigenvalue weighted by molar-refractivity contribution is 9.10. The highest BCUT2D eigenvalue weighted by atomic mass is 79.9. The first-order valence-corrected chi connectivity index (χ1v) is 5.83. The zero-order chi connectivity index (χ0) is 10.1. The quantitative estimate of drug-likeness (QED) is 0.798. The molecule has 0 N–H and O–H groups in total. The molecular formula is C10H8BrFOS. The van der Waals surface area contributed by atoms with Gasteiger partial charge in [-0.1, -0.05) is 6.07 Å². The molecule has 14 heavy (non-hydrogen) atoms. The van der Waals surface area contributed by atoms with Gasteiger partial charge in [-0.2, -0.15) is 4.39 Å². The number of halogens is 2. The van der Waals surface area contributed by atoms with Crippen molar-refractivity contribution in [1.82, 2.24) is 0 Å². The number of rotatable bonds is 2. The lowest BCUT2D eigenvalue weighted by Crippen LogP contribution is -1.91. The van der Waals surface area contributed by atoms with Crippen molar-refractivity contribution in [2.24, 2.45) is 0 Å². The zero-order valence-electron chi connectivity index (χ0n) is 7.51. The van der Waals surface area contributed by atoms with Crippen LogP contribution in [-0.4, -0.2) is 6.61 Å². The molecule has 2 rings (SSSR count). The first-order chi connectivity index (χ1) is 6.72. The third-order valence-corrected chi connectivity index (χ3v) is 3.41. The lowest BCUT2D eigenvalue weighted by Gasteiger charge is -2.06. The fraction of sp³-hybridized carbons (Fsp3) is 0.200. The molecule has 4 heteroatoms. The van der Waals surface area contributed by atoms with Crippen molar-refractivity contribution in [1.29, 1.82) is 0 Å². The second-order valence-corrected chi connectivity index (χ2v) is 4.64. The van der Waals surface area contributed by atoms with E-state index in [0.717, 1.165) is 31.6 Å². The predicted molar refractivity (Wildman–Crippen MR) is 60.7 cm³/mol. The minimum Gasteiger partial charge on any atom is -0.491 e. The van der Waals surface area contributed by atoms with Gasteiger partial charge in [0.15, 0.2) is 10.9 Å². The van der Waals surface area contributed by atoms with Gasteiger partial charge in [0.1, 0.15) is 0 Å². The Bertz CT molecular complexity index is 466. The molecule has 0 saturated carbocycles. The van der Waals surface area contributed by atoms with E-state index in [1.54, 1.807) is 0 Å². The van der Waals surface area contributed by atoms with Gasteiger partial charge in [-0.25, -0.2) is 0 Å². The van der Waals surface area contributed by atoms with E-state index >= 15 is 0 Å². The highest BCUT2D eigenvalue weighted by Crippen LogP contribution is 2.38. The van der Waals surface area contributed by atoms with E-state index in [0.29, 0.717) is 6.61 Å². The molecule has 1 heterocycles. The van der Waals surface area contributed by atoms with Crippen molar-refractivity contribution in [3.63, 3.8) is 0 Å². The summed E-state index contributed by atoms with van der Waals surface area (Å²) >= 11 is 4.50. The smallest absolute Gasteiger partial charge is 0.177 e. The molecule has 0 unspecified atom stereocenters. The summed E-state index contributed by atoms with van der Waals surface area (Å²) in [5.74, 6) is 0.735. The average Bonchev–Trinajstić information content (AvgIpc) is 2.51. The van der Waals surface area contributed by atoms with Crippen LogP contribution in [0.1, 0.15) is 6.92 Å². The van der Waals surface area contributed by atoms with Crippen LogP contribution in [0.15, 0.2) is 22.7 Å². The molecule has 1 aromatic carbocycles. The van der Waals surface area contributed by atoms with Gasteiger partial charge in [-0.15, -0.1) is 11.3 Å². The third-order valence-electron chi connectivity index (χ3n) is 1.85. The lowest BCUT2D eigenvalue weighted by atomic mass is 10.2. The second-order valence-electron chi connectivity index (χ2n) is 2.78. The molecule has 0 aliphatic carbocycles. The number of hydrogen-bond acceptors (Lipinski definition) is 2. The van der Waals surface area contributed by atoms with Crippen molar-refractivity contribution in [3.05, 3.63) is 27.8 Å². The van der Waals surface area contributed by atoms with Crippen molar-refractivity contribution >= 4 is 37.4 Å². The van der Waals surface area contributed by atoms with Gasteiger partial charge < -0.3 is 4.74 Å². The average molecular weight is 275 g/mol. The van der Waals surface area contributed by atoms with E-state index in [1.807, 2.05) is 19.1 Å². The Hall–Kier alpha value is -0.610. The Labute approximate surface area is 93.6 Å². The SMILES string of the molecule is CCOc1c(Br)ccc2cc(F)sc12. The van der Waals surface area contributed by atoms with E-state index in [4.69, 9.17) is 4.74 Å². The van der Waals surface area contributed by atoms with Crippen LogP contribution in [0.25, 0.3) is 10.1 Å². The topological polar surface area (TPSA) is 9.23 Å². The van der Waals surface area contributed by atoms with Crippen LogP contribution in [0.2, 0.25) is 0 Å². The maximum atomic E-state index is 13.0. The minimum absolute atomic E-state index is 0.181. The number of ether oxygens (including phenoxy) is 1. The summed E-state index contributed by atoms with van der Waals surface area (Å²) in [6, 6.07) is 5.27. The monoisotopic (exact) mass is 274 g/mol. The molecule has 0 atom stereocenters. The Morgan fingerprint density at radius 2 is 2.29 bits per heavy atom. The summed E-state index contributed by atoms with van der Waals surface area (Å²) in [5, 5.41) is 0.707. The fourth-order valence-electron chi connectivity index (χ4n) is 1.30. The van der Waals surface area contributed by atoms with Crippen molar-refractivity contribution < 1.29 is 9.13 Å². The molecule has 1 nitrogen and oxygen atoms in total. The molecule has 0 radical (unpaired) electrons. The van der Waals surface area contributed by atoms with Crippen LogP contribution >= 0.6 is 27.3 Å². The molecule has 0 fully saturated rings. The maximum Gasteiger partial charge on any atom is 0.177 e. The van der Waals surface area contributed by atoms with Gasteiger partial charge in [0, 0.05) is 0 Å². The molecule has 1 aromatic heterocycles. The van der Waals surface area contributed by atoms with E-state index in [9.17, 15) is 4.39 Å². The first-order valence-electron chi connectivity index (χ1n) is 4.22. The lowest BCUT2D eigenvalue weighted by molar-refractivity contribution is 0.343. The Kier molecular flexibility index (Phi) is 2.74. The van der Waals surface area contributed by atoms with Gasteiger partial charge in [0.05, 0.1) is 15.8 Å². The van der Waals surface area contributed by atoms with Gasteiger partial charge in [0.2, 0.25) is 0 Å². The molecular weight excluding hydrogens is 267 g/mol. The Morgan fingerprint density at radius 3 is 3.00 bits per heavy atom. The Morgan fingerprint density at radius 1 is 1.50 bits per heavy atom. The summed E-state index contributed by atoms with van der Waals surface area (Å²) in [6.45, 7) is 2.49. The maximum absolute atomic E-state index is 13.0. The molecule has 0 saturated heterocycles. The Balaban J connectivity index is 2.68. The first kappa shape index (κ1) is 9.93. The summed E-state index contributed by atoms with van der Waals surface area (Å²) in [4.78, 5) is 0. The fourth-order valence-corrected chi connectivity index (χ4v) is 2.76. The van der Waals surface area contributed by atoms with Crippen LogP contribution < -0.4 is 4.74 Å². The summed E-state index contributed by atoms with van der Waals surface area (Å²) in [5.41, 5.74) is 0. The molecule has 2 aromatic rings. The molecule has 0 amide bonds. The van der Waals surface area contributed by atoms with Gasteiger partial charge in [-0.3, -0.25) is 0 Å². The van der Waals surface area contributed by atoms with Gasteiger partial charge >= 0.3 is 0 Å². The predicted octanol–water partition coefficient (Wildman–Crippen LogP) is 4.20. The largest absolute Gasteiger partial charge is 0.491 e. The second kappa shape index (κ2) is 3.87. The summed E-state index contributed by atoms with van der Waals surface area (Å²) in [7, 11) is 0. The number of hydrogen-bond donors (Lipinski definition) is 0. The van der Waals surface area contributed by atoms with Crippen LogP contribution in [-0.2, 0) is 0 Å². The normalized spacial score (nSPS) is 10.8. The van der Waals surface area contributed by atoms with E-state index in [2.05, 4.69) is 15.9 Å². The van der Waals surface area contributed by atoms with Crippen LogP contribution in [0, 0.1) is 5.13 Å². The van der Waals surface area contributed by atoms with Crippen molar-refractivity contribution in [3.8, 4) is 5.75 Å². The third kappa shape index (κ3) is 1.64. The molecule has 0 spiro atoms. The van der Waals surface area contributed by atoms with Gasteiger partial charge in [0.25, 0.3) is 0 Å². The molecule has 74 valence electrons. The van der Waals surface area contributed by atoms with Crippen molar-refractivity contribution in [2.75, 3.05) is 6.61 Å². The highest BCUT2D eigenvalue weighted by Gasteiger charge is 2.10. The molecule has 0 aliphatic rings. The molecule has 0 aliphatic heterocycles. The minimum atomic E-state index is -0.181. The standard InChI is InChI=1S/C10H8BrFOS/c1-2-13-9-7(11)4-3-6-5-8(12)14-10(6)9/h3-5H,2H2,1H3. The summed E-state index contributed by atoms with van der Waals surface area (Å²) in [6.07, 6.45) is 0. The number of benzene rings is 1. The van der Waals surface area contributed by atoms with Crippen LogP contribution in [0.4, 0.5) is 4.39 Å². The zero-order valence-corrected chi connectivity index (χ0v) is 9.91. The van der Waals surface area contributed by atoms with Crippen LogP contribution in [0.3, 0.4) is 0 Å². The van der Waals surface area contributed by atoms with Crippen molar-refractivity contribution in [2.45, 2.75) is 6.92 Å². The summed E-state index contributed by atoms with van der Waals surface area (Å²) < 4.78 is 20.2. The van der Waals surface area contributed by atoms with E-state index in [-0.39, 0.29) is 5.13 Å². The number of thiophene rings is 1. The molecule has 0 bridgehead atoms. The van der Waals surface area contributed by atoms with E-state index < -0.39 is 0 Å². The van der Waals surface area contributed by atoms with Crippen LogP contribution in [0.5, 0.6) is 5.75 Å². The van der Waals surface area contributed by atoms with Gasteiger partial charge in [-0.05, 0) is 40.4 Å².